The average molecular weight is 300 g/mol. The number of phenols is 1. The van der Waals surface area contributed by atoms with E-state index in [1.807, 2.05) is 67.6 Å². The number of pyridine rings is 1. The van der Waals surface area contributed by atoms with Crippen LogP contribution in [0.2, 0.25) is 0 Å². The van der Waals surface area contributed by atoms with Gasteiger partial charge >= 0.3 is 0 Å². The minimum absolute atomic E-state index is 0.245. The van der Waals surface area contributed by atoms with E-state index < -0.39 is 0 Å². The summed E-state index contributed by atoms with van der Waals surface area (Å²) in [5.41, 5.74) is 4.54. The Bertz CT molecular complexity index is 970. The summed E-state index contributed by atoms with van der Waals surface area (Å²) >= 11 is 0. The highest BCUT2D eigenvalue weighted by Gasteiger charge is 2.10. The molecule has 0 aliphatic heterocycles. The van der Waals surface area contributed by atoms with Gasteiger partial charge in [0.25, 0.3) is 0 Å². The van der Waals surface area contributed by atoms with Gasteiger partial charge in [-0.25, -0.2) is 4.98 Å². The molecule has 0 unspecified atom stereocenters. The number of aromatic nitrogens is 1. The second-order valence-electron chi connectivity index (χ2n) is 5.67. The van der Waals surface area contributed by atoms with Crippen molar-refractivity contribution in [1.29, 1.82) is 0 Å². The highest BCUT2D eigenvalue weighted by atomic mass is 16.3. The van der Waals surface area contributed by atoms with Crippen LogP contribution in [0.1, 0.15) is 5.56 Å². The summed E-state index contributed by atoms with van der Waals surface area (Å²) in [6, 6.07) is 21.7. The molecular weight excluding hydrogens is 284 g/mol. The molecule has 0 aliphatic carbocycles. The fourth-order valence-electron chi connectivity index (χ4n) is 2.86. The molecule has 0 fully saturated rings. The van der Waals surface area contributed by atoms with Crippen molar-refractivity contribution in [2.45, 2.75) is 6.92 Å². The minimum Gasteiger partial charge on any atom is -0.506 e. The van der Waals surface area contributed by atoms with E-state index in [1.54, 1.807) is 6.07 Å². The molecule has 0 saturated carbocycles. The van der Waals surface area contributed by atoms with Crippen molar-refractivity contribution in [2.75, 3.05) is 5.32 Å². The Morgan fingerprint density at radius 1 is 0.826 bits per heavy atom. The first-order valence-electron chi connectivity index (χ1n) is 7.56. The summed E-state index contributed by atoms with van der Waals surface area (Å²) in [6.45, 7) is 1.96. The molecule has 0 amide bonds. The van der Waals surface area contributed by atoms with Crippen molar-refractivity contribution in [1.82, 2.24) is 4.98 Å². The lowest BCUT2D eigenvalue weighted by molar-refractivity contribution is 0.477. The lowest BCUT2D eigenvalue weighted by atomic mass is 10.1. The van der Waals surface area contributed by atoms with Gasteiger partial charge in [-0.05, 0) is 36.8 Å². The van der Waals surface area contributed by atoms with E-state index in [9.17, 15) is 5.11 Å². The van der Waals surface area contributed by atoms with Gasteiger partial charge in [0.05, 0.1) is 22.4 Å². The van der Waals surface area contributed by atoms with Crippen LogP contribution in [-0.2, 0) is 0 Å². The van der Waals surface area contributed by atoms with Gasteiger partial charge in [0.15, 0.2) is 0 Å². The Hall–Kier alpha value is -3.07. The van der Waals surface area contributed by atoms with Crippen LogP contribution >= 0.6 is 0 Å². The Kier molecular flexibility index (Phi) is 3.12. The smallest absolute Gasteiger partial charge is 0.139 e. The molecule has 3 aromatic carbocycles. The van der Waals surface area contributed by atoms with Crippen molar-refractivity contribution >= 4 is 33.2 Å². The largest absolute Gasteiger partial charge is 0.506 e. The van der Waals surface area contributed by atoms with Gasteiger partial charge in [-0.1, -0.05) is 42.5 Å². The fraction of sp³-hybridized carbons (Fsp3) is 0.0500. The van der Waals surface area contributed by atoms with Gasteiger partial charge < -0.3 is 10.4 Å². The lowest BCUT2D eigenvalue weighted by Crippen LogP contribution is -1.95. The molecule has 0 aliphatic rings. The Morgan fingerprint density at radius 3 is 2.04 bits per heavy atom. The number of rotatable bonds is 2. The second kappa shape index (κ2) is 5.29. The number of anilines is 2. The molecule has 0 spiro atoms. The molecular formula is C20H16N2O. The predicted octanol–water partition coefficient (Wildman–Crippen LogP) is 5.15. The first-order valence-corrected chi connectivity index (χ1v) is 7.56. The summed E-state index contributed by atoms with van der Waals surface area (Å²) in [4.78, 5) is 4.71. The number of aromatic hydroxyl groups is 1. The van der Waals surface area contributed by atoms with Gasteiger partial charge in [0, 0.05) is 10.8 Å². The van der Waals surface area contributed by atoms with Crippen LogP contribution in [-0.4, -0.2) is 10.1 Å². The molecule has 0 saturated heterocycles. The SMILES string of the molecule is Cc1ccc(Nc2c3ccccc3nc3ccccc23)c(O)c1. The van der Waals surface area contributed by atoms with Crippen molar-refractivity contribution in [3.8, 4) is 5.75 Å². The quantitative estimate of drug-likeness (QED) is 0.398. The maximum Gasteiger partial charge on any atom is 0.139 e. The minimum atomic E-state index is 0.245. The van der Waals surface area contributed by atoms with Gasteiger partial charge in [0.2, 0.25) is 0 Å². The summed E-state index contributed by atoms with van der Waals surface area (Å²) < 4.78 is 0. The number of fused-ring (bicyclic) bond motifs is 2. The first-order chi connectivity index (χ1) is 11.2. The summed E-state index contributed by atoms with van der Waals surface area (Å²) in [5, 5.41) is 15.7. The third-order valence-electron chi connectivity index (χ3n) is 4.00. The molecule has 23 heavy (non-hydrogen) atoms. The van der Waals surface area contributed by atoms with E-state index in [-0.39, 0.29) is 5.75 Å². The number of phenolic OH excluding ortho intramolecular Hbond substituents is 1. The highest BCUT2D eigenvalue weighted by Crippen LogP contribution is 2.35. The molecule has 0 bridgehead atoms. The van der Waals surface area contributed by atoms with Crippen molar-refractivity contribution in [2.24, 2.45) is 0 Å². The summed E-state index contributed by atoms with van der Waals surface area (Å²) in [6.07, 6.45) is 0. The standard InChI is InChI=1S/C20H16N2O/c1-13-10-11-18(19(23)12-13)22-20-14-6-2-4-8-16(14)21-17-9-5-3-7-15(17)20/h2-12,23H,1H3,(H,21,22). The number of para-hydroxylation sites is 2. The van der Waals surface area contributed by atoms with E-state index in [0.29, 0.717) is 5.69 Å². The number of hydrogen-bond acceptors (Lipinski definition) is 3. The molecule has 1 heterocycles. The van der Waals surface area contributed by atoms with E-state index in [0.717, 1.165) is 33.1 Å². The summed E-state index contributed by atoms with van der Waals surface area (Å²) in [7, 11) is 0. The summed E-state index contributed by atoms with van der Waals surface area (Å²) in [5.74, 6) is 0.245. The van der Waals surface area contributed by atoms with E-state index in [4.69, 9.17) is 4.98 Å². The fourth-order valence-corrected chi connectivity index (χ4v) is 2.86. The Labute approximate surface area is 134 Å². The van der Waals surface area contributed by atoms with Crippen LogP contribution in [0, 0.1) is 6.92 Å². The second-order valence-corrected chi connectivity index (χ2v) is 5.67. The zero-order valence-corrected chi connectivity index (χ0v) is 12.7. The highest BCUT2D eigenvalue weighted by molar-refractivity contribution is 6.08. The predicted molar refractivity (Wildman–Crippen MR) is 95.4 cm³/mol. The van der Waals surface area contributed by atoms with Crippen LogP contribution in [0.25, 0.3) is 21.8 Å². The van der Waals surface area contributed by atoms with Crippen LogP contribution in [0.4, 0.5) is 11.4 Å². The molecule has 3 heteroatoms. The zero-order chi connectivity index (χ0) is 15.8. The third kappa shape index (κ3) is 2.36. The van der Waals surface area contributed by atoms with Crippen LogP contribution in [0.3, 0.4) is 0 Å². The number of hydrogen-bond donors (Lipinski definition) is 2. The maximum absolute atomic E-state index is 10.2. The monoisotopic (exact) mass is 300 g/mol. The van der Waals surface area contributed by atoms with E-state index in [2.05, 4.69) is 5.32 Å². The van der Waals surface area contributed by atoms with Crippen molar-refractivity contribution in [3.05, 3.63) is 72.3 Å². The lowest BCUT2D eigenvalue weighted by Gasteiger charge is -2.14. The molecule has 4 rings (SSSR count). The van der Waals surface area contributed by atoms with Gasteiger partial charge in [0.1, 0.15) is 5.75 Å². The van der Waals surface area contributed by atoms with E-state index >= 15 is 0 Å². The van der Waals surface area contributed by atoms with Gasteiger partial charge in [-0.15, -0.1) is 0 Å². The third-order valence-corrected chi connectivity index (χ3v) is 4.00. The topological polar surface area (TPSA) is 45.2 Å². The van der Waals surface area contributed by atoms with Crippen LogP contribution < -0.4 is 5.32 Å². The Morgan fingerprint density at radius 2 is 1.43 bits per heavy atom. The molecule has 0 radical (unpaired) electrons. The van der Waals surface area contributed by atoms with Crippen LogP contribution in [0.5, 0.6) is 5.75 Å². The number of benzene rings is 3. The zero-order valence-electron chi connectivity index (χ0n) is 12.7. The molecule has 1 aromatic heterocycles. The Balaban J connectivity index is 1.99. The molecule has 2 N–H and O–H groups in total. The van der Waals surface area contributed by atoms with Crippen LogP contribution in [0.15, 0.2) is 66.7 Å². The van der Waals surface area contributed by atoms with Gasteiger partial charge in [-0.2, -0.15) is 0 Å². The number of aryl methyl sites for hydroxylation is 1. The maximum atomic E-state index is 10.2. The average Bonchev–Trinajstić information content (AvgIpc) is 2.56. The molecule has 3 nitrogen and oxygen atoms in total. The van der Waals surface area contributed by atoms with Gasteiger partial charge in [-0.3, -0.25) is 0 Å². The van der Waals surface area contributed by atoms with Crippen molar-refractivity contribution in [3.63, 3.8) is 0 Å². The molecule has 112 valence electrons. The number of nitrogens with one attached hydrogen (secondary N) is 1. The first kappa shape index (κ1) is 13.6. The van der Waals surface area contributed by atoms with E-state index in [1.165, 1.54) is 0 Å². The number of nitrogens with zero attached hydrogens (tertiary/aromatic N) is 1. The normalized spacial score (nSPS) is 11.0. The van der Waals surface area contributed by atoms with Crippen molar-refractivity contribution < 1.29 is 5.11 Å². The molecule has 4 aromatic rings. The molecule has 0 atom stereocenters.